The molecule has 1 aliphatic heterocycles. The molecule has 0 spiro atoms. The number of amides is 1. The first-order valence-electron chi connectivity index (χ1n) is 8.02. The summed E-state index contributed by atoms with van der Waals surface area (Å²) in [5, 5.41) is 0. The van der Waals surface area contributed by atoms with E-state index in [-0.39, 0.29) is 17.5 Å². The van der Waals surface area contributed by atoms with Crippen LogP contribution in [0.1, 0.15) is 40.4 Å². The molecule has 132 valence electrons. The van der Waals surface area contributed by atoms with Crippen LogP contribution in [0.3, 0.4) is 0 Å². The topological polar surface area (TPSA) is 29.5 Å². The van der Waals surface area contributed by atoms with Crippen molar-refractivity contribution in [2.75, 3.05) is 13.7 Å². The smallest absolute Gasteiger partial charge is 0.416 e. The van der Waals surface area contributed by atoms with Gasteiger partial charge in [0.15, 0.2) is 0 Å². The summed E-state index contributed by atoms with van der Waals surface area (Å²) in [6, 6.07) is 11.9. The normalized spacial score (nSPS) is 17.6. The number of rotatable bonds is 3. The van der Waals surface area contributed by atoms with Gasteiger partial charge in [-0.3, -0.25) is 4.79 Å². The Bertz CT molecular complexity index is 756. The van der Waals surface area contributed by atoms with E-state index in [1.54, 1.807) is 12.0 Å². The first-order valence-corrected chi connectivity index (χ1v) is 8.02. The van der Waals surface area contributed by atoms with E-state index < -0.39 is 11.7 Å². The van der Waals surface area contributed by atoms with Crippen LogP contribution < -0.4 is 4.74 Å². The molecule has 0 N–H and O–H groups in total. The lowest BCUT2D eigenvalue weighted by molar-refractivity contribution is -0.137. The van der Waals surface area contributed by atoms with Gasteiger partial charge in [0, 0.05) is 12.1 Å². The summed E-state index contributed by atoms with van der Waals surface area (Å²) in [4.78, 5) is 14.4. The van der Waals surface area contributed by atoms with Crippen LogP contribution in [0, 0.1) is 0 Å². The first-order chi connectivity index (χ1) is 11.9. The highest BCUT2D eigenvalue weighted by Crippen LogP contribution is 2.35. The number of likely N-dealkylation sites (tertiary alicyclic amines) is 1. The third-order valence-corrected chi connectivity index (χ3v) is 4.45. The molecule has 2 aromatic carbocycles. The molecule has 25 heavy (non-hydrogen) atoms. The highest BCUT2D eigenvalue weighted by molar-refractivity contribution is 5.95. The van der Waals surface area contributed by atoms with Gasteiger partial charge in [-0.25, -0.2) is 0 Å². The molecule has 1 saturated heterocycles. The highest BCUT2D eigenvalue weighted by atomic mass is 19.4. The quantitative estimate of drug-likeness (QED) is 0.804. The van der Waals surface area contributed by atoms with Gasteiger partial charge in [-0.15, -0.1) is 0 Å². The Hall–Kier alpha value is -2.50. The van der Waals surface area contributed by atoms with E-state index in [9.17, 15) is 18.0 Å². The van der Waals surface area contributed by atoms with Crippen LogP contribution in [0.15, 0.2) is 48.5 Å². The van der Waals surface area contributed by atoms with E-state index in [1.807, 2.05) is 24.3 Å². The van der Waals surface area contributed by atoms with Crippen LogP contribution in [0.5, 0.6) is 5.75 Å². The lowest BCUT2D eigenvalue weighted by Crippen LogP contribution is -2.30. The predicted molar refractivity (Wildman–Crippen MR) is 87.4 cm³/mol. The number of alkyl halides is 3. The van der Waals surface area contributed by atoms with Gasteiger partial charge in [-0.2, -0.15) is 13.2 Å². The monoisotopic (exact) mass is 349 g/mol. The van der Waals surface area contributed by atoms with Gasteiger partial charge < -0.3 is 9.64 Å². The number of hydrogen-bond acceptors (Lipinski definition) is 2. The van der Waals surface area contributed by atoms with E-state index >= 15 is 0 Å². The molecule has 0 aromatic heterocycles. The molecule has 1 fully saturated rings. The molecule has 0 unspecified atom stereocenters. The average molecular weight is 349 g/mol. The Balaban J connectivity index is 1.85. The van der Waals surface area contributed by atoms with Crippen molar-refractivity contribution in [2.24, 2.45) is 0 Å². The summed E-state index contributed by atoms with van der Waals surface area (Å²) in [5.74, 6) is 0.349. The fourth-order valence-corrected chi connectivity index (χ4v) is 3.18. The molecule has 2 aromatic rings. The minimum atomic E-state index is -4.46. The third-order valence-electron chi connectivity index (χ3n) is 4.45. The van der Waals surface area contributed by atoms with Crippen molar-refractivity contribution < 1.29 is 22.7 Å². The van der Waals surface area contributed by atoms with Gasteiger partial charge in [-0.05, 0) is 48.7 Å². The van der Waals surface area contributed by atoms with Gasteiger partial charge in [0.25, 0.3) is 5.91 Å². The van der Waals surface area contributed by atoms with Crippen LogP contribution in [-0.4, -0.2) is 24.5 Å². The van der Waals surface area contributed by atoms with Crippen molar-refractivity contribution >= 4 is 5.91 Å². The van der Waals surface area contributed by atoms with Gasteiger partial charge >= 0.3 is 6.18 Å². The second kappa shape index (κ2) is 6.78. The van der Waals surface area contributed by atoms with E-state index in [0.717, 1.165) is 36.3 Å². The lowest BCUT2D eigenvalue weighted by atomic mass is 10.0. The zero-order valence-corrected chi connectivity index (χ0v) is 13.7. The van der Waals surface area contributed by atoms with E-state index in [4.69, 9.17) is 4.74 Å². The van der Waals surface area contributed by atoms with E-state index in [2.05, 4.69) is 0 Å². The molecular formula is C19H18F3NO2. The summed E-state index contributed by atoms with van der Waals surface area (Å²) in [7, 11) is 1.58. The fourth-order valence-electron chi connectivity index (χ4n) is 3.18. The number of carbonyl (C=O) groups is 1. The zero-order valence-electron chi connectivity index (χ0n) is 13.7. The summed E-state index contributed by atoms with van der Waals surface area (Å²) in [6.45, 7) is 0.534. The second-order valence-corrected chi connectivity index (χ2v) is 6.01. The molecule has 0 saturated carbocycles. The van der Waals surface area contributed by atoms with Crippen LogP contribution >= 0.6 is 0 Å². The Labute approximate surface area is 144 Å². The van der Waals surface area contributed by atoms with Crippen molar-refractivity contribution in [2.45, 2.75) is 25.1 Å². The summed E-state index contributed by atoms with van der Waals surface area (Å²) >= 11 is 0. The van der Waals surface area contributed by atoms with Crippen LogP contribution in [0.4, 0.5) is 13.2 Å². The number of nitrogens with zero attached hydrogens (tertiary/aromatic N) is 1. The summed E-state index contributed by atoms with van der Waals surface area (Å²) < 4.78 is 43.8. The number of hydrogen-bond donors (Lipinski definition) is 0. The van der Waals surface area contributed by atoms with E-state index in [1.165, 1.54) is 12.1 Å². The maximum Gasteiger partial charge on any atom is 0.416 e. The van der Waals surface area contributed by atoms with Crippen LogP contribution in [0.2, 0.25) is 0 Å². The maximum atomic E-state index is 12.9. The largest absolute Gasteiger partial charge is 0.497 e. The van der Waals surface area contributed by atoms with E-state index in [0.29, 0.717) is 6.54 Å². The summed E-state index contributed by atoms with van der Waals surface area (Å²) in [5.41, 5.74) is 0.215. The molecule has 1 heterocycles. The number of halogens is 3. The summed E-state index contributed by atoms with van der Waals surface area (Å²) in [6.07, 6.45) is -2.85. The van der Waals surface area contributed by atoms with Crippen molar-refractivity contribution in [3.8, 4) is 5.75 Å². The third kappa shape index (κ3) is 3.62. The Kier molecular flexibility index (Phi) is 4.70. The Morgan fingerprint density at radius 2 is 1.88 bits per heavy atom. The maximum absolute atomic E-state index is 12.9. The minimum Gasteiger partial charge on any atom is -0.497 e. The molecule has 0 radical (unpaired) electrons. The molecule has 0 aliphatic carbocycles. The van der Waals surface area contributed by atoms with Crippen molar-refractivity contribution in [3.63, 3.8) is 0 Å². The fraction of sp³-hybridized carbons (Fsp3) is 0.316. The lowest BCUT2D eigenvalue weighted by Gasteiger charge is -2.25. The molecule has 1 atom stereocenters. The van der Waals surface area contributed by atoms with Crippen molar-refractivity contribution in [1.29, 1.82) is 0 Å². The predicted octanol–water partition coefficient (Wildman–Crippen LogP) is 4.69. The minimum absolute atomic E-state index is 0.0650. The van der Waals surface area contributed by atoms with Crippen LogP contribution in [0.25, 0.3) is 0 Å². The molecule has 6 heteroatoms. The van der Waals surface area contributed by atoms with Crippen molar-refractivity contribution in [1.82, 2.24) is 4.90 Å². The standard InChI is InChI=1S/C19H18F3NO2/c1-25-16-9-7-13(8-10-16)17-6-3-11-23(17)18(24)14-4-2-5-15(12-14)19(20,21)22/h2,4-5,7-10,12,17H,3,6,11H2,1H3/t17-/m0/s1. The SMILES string of the molecule is COc1ccc([C@@H]2CCCN2C(=O)c2cccc(C(F)(F)F)c2)cc1. The number of benzene rings is 2. The number of ether oxygens (including phenoxy) is 1. The molecular weight excluding hydrogens is 331 g/mol. The average Bonchev–Trinajstić information content (AvgIpc) is 3.10. The first kappa shape index (κ1) is 17.3. The van der Waals surface area contributed by atoms with Gasteiger partial charge in [0.1, 0.15) is 5.75 Å². The Morgan fingerprint density at radius 3 is 2.52 bits per heavy atom. The van der Waals surface area contributed by atoms with Gasteiger partial charge in [-0.1, -0.05) is 18.2 Å². The van der Waals surface area contributed by atoms with Gasteiger partial charge in [0.2, 0.25) is 0 Å². The molecule has 3 nitrogen and oxygen atoms in total. The second-order valence-electron chi connectivity index (χ2n) is 6.01. The number of carbonyl (C=O) groups excluding carboxylic acids is 1. The zero-order chi connectivity index (χ0) is 18.0. The molecule has 1 aliphatic rings. The Morgan fingerprint density at radius 1 is 1.16 bits per heavy atom. The molecule has 1 amide bonds. The molecule has 0 bridgehead atoms. The molecule has 3 rings (SSSR count). The highest BCUT2D eigenvalue weighted by Gasteiger charge is 2.34. The number of methoxy groups -OCH3 is 1. The van der Waals surface area contributed by atoms with Gasteiger partial charge in [0.05, 0.1) is 18.7 Å². The van der Waals surface area contributed by atoms with Crippen LogP contribution in [-0.2, 0) is 6.18 Å². The van der Waals surface area contributed by atoms with Crippen molar-refractivity contribution in [3.05, 3.63) is 65.2 Å².